The maximum atomic E-state index is 14.0. The summed E-state index contributed by atoms with van der Waals surface area (Å²) in [5.74, 6) is -0.914. The SMILES string of the molecule is CC1CCC(NC(=O)NC2CCCCC2)C(Oc2ccc(F)cc2C2(C(F)(F)F)CCO2)N1. The topological polar surface area (TPSA) is 71.6 Å². The molecule has 6 nitrogen and oxygen atoms in total. The van der Waals surface area contributed by atoms with Crippen LogP contribution in [0.25, 0.3) is 0 Å². The molecule has 1 aromatic rings. The second-order valence-electron chi connectivity index (χ2n) is 9.31. The Labute approximate surface area is 190 Å². The van der Waals surface area contributed by atoms with Crippen LogP contribution in [0.4, 0.5) is 22.4 Å². The van der Waals surface area contributed by atoms with Crippen molar-refractivity contribution in [2.45, 2.75) is 94.4 Å². The van der Waals surface area contributed by atoms with Gasteiger partial charge < -0.3 is 20.1 Å². The summed E-state index contributed by atoms with van der Waals surface area (Å²) < 4.78 is 66.6. The zero-order valence-corrected chi connectivity index (χ0v) is 18.6. The summed E-state index contributed by atoms with van der Waals surface area (Å²) in [7, 11) is 0. The first-order chi connectivity index (χ1) is 15.7. The number of nitrogens with one attached hydrogen (secondary N) is 3. The molecule has 10 heteroatoms. The number of carbonyl (C=O) groups is 1. The van der Waals surface area contributed by atoms with Gasteiger partial charge in [0, 0.05) is 24.1 Å². The fourth-order valence-electron chi connectivity index (χ4n) is 4.92. The van der Waals surface area contributed by atoms with E-state index in [2.05, 4.69) is 16.0 Å². The number of benzene rings is 1. The van der Waals surface area contributed by atoms with E-state index in [0.29, 0.717) is 6.42 Å². The number of piperidine rings is 1. The highest BCUT2D eigenvalue weighted by molar-refractivity contribution is 5.74. The van der Waals surface area contributed by atoms with Crippen LogP contribution < -0.4 is 20.7 Å². The molecule has 4 rings (SSSR count). The van der Waals surface area contributed by atoms with Crippen molar-refractivity contribution in [3.63, 3.8) is 0 Å². The highest BCUT2D eigenvalue weighted by Gasteiger charge is 2.62. The number of halogens is 4. The summed E-state index contributed by atoms with van der Waals surface area (Å²) in [4.78, 5) is 12.6. The molecule has 0 radical (unpaired) electrons. The van der Waals surface area contributed by atoms with Gasteiger partial charge in [-0.05, 0) is 50.8 Å². The lowest BCUT2D eigenvalue weighted by atomic mass is 9.85. The third-order valence-electron chi connectivity index (χ3n) is 6.87. The Morgan fingerprint density at radius 2 is 1.88 bits per heavy atom. The fourth-order valence-corrected chi connectivity index (χ4v) is 4.92. The minimum Gasteiger partial charge on any atom is -0.473 e. The number of alkyl halides is 3. The molecule has 2 heterocycles. The first-order valence-corrected chi connectivity index (χ1v) is 11.7. The molecule has 3 fully saturated rings. The normalized spacial score (nSPS) is 30.9. The van der Waals surface area contributed by atoms with E-state index in [0.717, 1.165) is 44.2 Å². The number of amides is 2. The van der Waals surface area contributed by atoms with Crippen molar-refractivity contribution in [2.24, 2.45) is 0 Å². The van der Waals surface area contributed by atoms with Crippen LogP contribution in [-0.4, -0.2) is 43.2 Å². The molecule has 1 saturated carbocycles. The van der Waals surface area contributed by atoms with Crippen LogP contribution in [0.2, 0.25) is 0 Å². The highest BCUT2D eigenvalue weighted by atomic mass is 19.4. The molecule has 2 saturated heterocycles. The van der Waals surface area contributed by atoms with Gasteiger partial charge in [-0.2, -0.15) is 13.2 Å². The van der Waals surface area contributed by atoms with Gasteiger partial charge >= 0.3 is 12.2 Å². The van der Waals surface area contributed by atoms with Gasteiger partial charge in [0.05, 0.1) is 12.6 Å². The Balaban J connectivity index is 1.52. The van der Waals surface area contributed by atoms with E-state index in [9.17, 15) is 22.4 Å². The van der Waals surface area contributed by atoms with Gasteiger partial charge in [-0.3, -0.25) is 5.32 Å². The second kappa shape index (κ2) is 9.66. The summed E-state index contributed by atoms with van der Waals surface area (Å²) in [5.41, 5.74) is -2.97. The molecule has 33 heavy (non-hydrogen) atoms. The molecule has 184 valence electrons. The predicted octanol–water partition coefficient (Wildman–Crippen LogP) is 4.48. The zero-order valence-electron chi connectivity index (χ0n) is 18.6. The molecule has 0 spiro atoms. The third-order valence-corrected chi connectivity index (χ3v) is 6.87. The highest BCUT2D eigenvalue weighted by Crippen LogP contribution is 2.53. The molecule has 2 amide bonds. The van der Waals surface area contributed by atoms with Gasteiger partial charge in [-0.25, -0.2) is 9.18 Å². The summed E-state index contributed by atoms with van der Waals surface area (Å²) in [6.45, 7) is 1.87. The Kier molecular flexibility index (Phi) is 7.04. The number of carbonyl (C=O) groups excluding carboxylic acids is 1. The Morgan fingerprint density at radius 3 is 2.52 bits per heavy atom. The van der Waals surface area contributed by atoms with Crippen molar-refractivity contribution in [3.05, 3.63) is 29.6 Å². The van der Waals surface area contributed by atoms with Crippen molar-refractivity contribution in [3.8, 4) is 5.75 Å². The molecule has 1 aliphatic carbocycles. The molecule has 0 bridgehead atoms. The van der Waals surface area contributed by atoms with Crippen LogP contribution in [0.5, 0.6) is 5.75 Å². The summed E-state index contributed by atoms with van der Waals surface area (Å²) in [6, 6.07) is 2.46. The van der Waals surface area contributed by atoms with E-state index in [-0.39, 0.29) is 42.5 Å². The van der Waals surface area contributed by atoms with Crippen molar-refractivity contribution in [1.82, 2.24) is 16.0 Å². The van der Waals surface area contributed by atoms with Crippen molar-refractivity contribution < 1.29 is 31.8 Å². The minimum atomic E-state index is -4.72. The largest absolute Gasteiger partial charge is 0.473 e. The summed E-state index contributed by atoms with van der Waals surface area (Å²) in [5, 5.41) is 9.12. The molecule has 4 unspecified atom stereocenters. The quantitative estimate of drug-likeness (QED) is 0.552. The molecule has 2 aliphatic heterocycles. The lowest BCUT2D eigenvalue weighted by Gasteiger charge is -2.44. The van der Waals surface area contributed by atoms with Crippen LogP contribution in [0, 0.1) is 5.82 Å². The van der Waals surface area contributed by atoms with Crippen LogP contribution in [-0.2, 0) is 10.3 Å². The maximum absolute atomic E-state index is 14.0. The van der Waals surface area contributed by atoms with E-state index in [1.165, 1.54) is 12.5 Å². The average molecular weight is 474 g/mol. The van der Waals surface area contributed by atoms with Crippen LogP contribution in [0.15, 0.2) is 18.2 Å². The second-order valence-corrected chi connectivity index (χ2v) is 9.31. The van der Waals surface area contributed by atoms with E-state index >= 15 is 0 Å². The maximum Gasteiger partial charge on any atom is 0.421 e. The number of rotatable bonds is 5. The van der Waals surface area contributed by atoms with Gasteiger partial charge in [-0.1, -0.05) is 19.3 Å². The molecule has 3 N–H and O–H groups in total. The monoisotopic (exact) mass is 473 g/mol. The lowest BCUT2D eigenvalue weighted by molar-refractivity contribution is -0.334. The average Bonchev–Trinajstić information content (AvgIpc) is 2.70. The van der Waals surface area contributed by atoms with Gasteiger partial charge in [0.25, 0.3) is 0 Å². The van der Waals surface area contributed by atoms with Gasteiger partial charge in [0.2, 0.25) is 0 Å². The molecule has 4 atom stereocenters. The van der Waals surface area contributed by atoms with Gasteiger partial charge in [0.1, 0.15) is 11.6 Å². The van der Waals surface area contributed by atoms with E-state index < -0.39 is 29.9 Å². The Bertz CT molecular complexity index is 841. The smallest absolute Gasteiger partial charge is 0.421 e. The number of urea groups is 1. The number of hydrogen-bond acceptors (Lipinski definition) is 4. The standard InChI is InChI=1S/C23H31F4N3O3/c1-14-7-9-18(30-21(31)29-16-5-3-2-4-6-16)20(28-14)33-19-10-8-15(24)13-17(19)22(11-12-32-22)23(25,26)27/h8,10,13-14,16,18,20,28H,2-7,9,11-12H2,1H3,(H2,29,30,31). The molecule has 3 aliphatic rings. The predicted molar refractivity (Wildman–Crippen MR) is 113 cm³/mol. The third kappa shape index (κ3) is 5.21. The van der Waals surface area contributed by atoms with Crippen LogP contribution in [0.3, 0.4) is 0 Å². The Morgan fingerprint density at radius 1 is 1.15 bits per heavy atom. The number of ether oxygens (including phenoxy) is 2. The minimum absolute atomic E-state index is 0.0369. The number of hydrogen-bond donors (Lipinski definition) is 3. The van der Waals surface area contributed by atoms with Crippen molar-refractivity contribution >= 4 is 6.03 Å². The summed E-state index contributed by atoms with van der Waals surface area (Å²) >= 11 is 0. The van der Waals surface area contributed by atoms with Crippen LogP contribution >= 0.6 is 0 Å². The molecular formula is C23H31F4N3O3. The first-order valence-electron chi connectivity index (χ1n) is 11.7. The van der Waals surface area contributed by atoms with Crippen LogP contribution in [0.1, 0.15) is 63.9 Å². The first kappa shape index (κ1) is 24.1. The van der Waals surface area contributed by atoms with E-state index in [1.54, 1.807) is 0 Å². The fraction of sp³-hybridized carbons (Fsp3) is 0.696. The van der Waals surface area contributed by atoms with E-state index in [1.807, 2.05) is 6.92 Å². The van der Waals surface area contributed by atoms with Crippen molar-refractivity contribution in [2.75, 3.05) is 6.61 Å². The lowest BCUT2D eigenvalue weighted by Crippen LogP contribution is -2.61. The van der Waals surface area contributed by atoms with Gasteiger partial charge in [-0.15, -0.1) is 0 Å². The summed E-state index contributed by atoms with van der Waals surface area (Å²) in [6.07, 6.45) is 0.749. The molecule has 1 aromatic carbocycles. The van der Waals surface area contributed by atoms with Gasteiger partial charge in [0.15, 0.2) is 11.8 Å². The zero-order chi connectivity index (χ0) is 23.6. The molecule has 0 aromatic heterocycles. The Hall–Kier alpha value is -2.07. The van der Waals surface area contributed by atoms with Crippen molar-refractivity contribution in [1.29, 1.82) is 0 Å². The molecular weight excluding hydrogens is 442 g/mol. The van der Waals surface area contributed by atoms with E-state index in [4.69, 9.17) is 9.47 Å².